The van der Waals surface area contributed by atoms with E-state index in [1.165, 1.54) is 12.1 Å². The molecule has 0 radical (unpaired) electrons. The van der Waals surface area contributed by atoms with Crippen LogP contribution in [0.3, 0.4) is 0 Å². The van der Waals surface area contributed by atoms with Crippen molar-refractivity contribution in [2.24, 2.45) is 5.92 Å². The zero-order chi connectivity index (χ0) is 17.8. The molecule has 0 N–H and O–H groups in total. The summed E-state index contributed by atoms with van der Waals surface area (Å²) in [4.78, 5) is 28.6. The Morgan fingerprint density at radius 1 is 1.28 bits per heavy atom. The molecule has 2 aliphatic heterocycles. The number of hydrogen-bond donors (Lipinski definition) is 0. The first-order valence-electron chi connectivity index (χ1n) is 8.90. The average molecular weight is 348 g/mol. The predicted molar refractivity (Wildman–Crippen MR) is 91.2 cm³/mol. The maximum Gasteiger partial charge on any atom is 0.227 e. The lowest BCUT2D eigenvalue weighted by atomic mass is 9.94. The Morgan fingerprint density at radius 3 is 2.72 bits per heavy atom. The Morgan fingerprint density at radius 2 is 2.04 bits per heavy atom. The van der Waals surface area contributed by atoms with E-state index in [4.69, 9.17) is 4.74 Å². The molecule has 25 heavy (non-hydrogen) atoms. The second-order valence-corrected chi connectivity index (χ2v) is 6.90. The normalized spacial score (nSPS) is 22.3. The zero-order valence-electron chi connectivity index (χ0n) is 14.6. The molecular formula is C19H25FN2O3. The molecule has 0 saturated carbocycles. The molecule has 6 heteroatoms. The van der Waals surface area contributed by atoms with Crippen LogP contribution in [0.25, 0.3) is 0 Å². The number of amides is 2. The van der Waals surface area contributed by atoms with Gasteiger partial charge >= 0.3 is 0 Å². The van der Waals surface area contributed by atoms with Crippen molar-refractivity contribution in [1.29, 1.82) is 0 Å². The maximum absolute atomic E-state index is 13.4. The molecule has 2 heterocycles. The molecule has 2 fully saturated rings. The highest BCUT2D eigenvalue weighted by Crippen LogP contribution is 2.24. The van der Waals surface area contributed by atoms with E-state index < -0.39 is 0 Å². The molecular weight excluding hydrogens is 323 g/mol. The number of hydrogen-bond acceptors (Lipinski definition) is 3. The van der Waals surface area contributed by atoms with Gasteiger partial charge in [0.05, 0.1) is 12.0 Å². The van der Waals surface area contributed by atoms with Gasteiger partial charge in [-0.15, -0.1) is 0 Å². The second kappa shape index (κ2) is 7.95. The molecule has 2 saturated heterocycles. The second-order valence-electron chi connectivity index (χ2n) is 6.90. The highest BCUT2D eigenvalue weighted by Gasteiger charge is 2.34. The number of ether oxygens (including phenoxy) is 1. The number of piperidine rings is 2. The van der Waals surface area contributed by atoms with Crippen LogP contribution in [0.1, 0.15) is 31.2 Å². The van der Waals surface area contributed by atoms with Gasteiger partial charge in [0.15, 0.2) is 0 Å². The van der Waals surface area contributed by atoms with Crippen LogP contribution in [0.4, 0.5) is 4.39 Å². The summed E-state index contributed by atoms with van der Waals surface area (Å²) < 4.78 is 18.7. The lowest BCUT2D eigenvalue weighted by Crippen LogP contribution is -2.49. The minimum absolute atomic E-state index is 0.0337. The van der Waals surface area contributed by atoms with Gasteiger partial charge in [-0.25, -0.2) is 4.39 Å². The maximum atomic E-state index is 13.4. The van der Waals surface area contributed by atoms with Crippen LogP contribution < -0.4 is 0 Å². The van der Waals surface area contributed by atoms with E-state index in [1.54, 1.807) is 24.1 Å². The summed E-state index contributed by atoms with van der Waals surface area (Å²) in [5.74, 6) is -0.307. The summed E-state index contributed by atoms with van der Waals surface area (Å²) in [6.07, 6.45) is 2.94. The van der Waals surface area contributed by atoms with E-state index in [0.717, 1.165) is 18.4 Å². The van der Waals surface area contributed by atoms with Crippen molar-refractivity contribution in [2.45, 2.75) is 38.3 Å². The number of benzene rings is 1. The fourth-order valence-electron chi connectivity index (χ4n) is 3.70. The molecule has 2 amide bonds. The smallest absolute Gasteiger partial charge is 0.227 e. The van der Waals surface area contributed by atoms with E-state index in [-0.39, 0.29) is 29.7 Å². The van der Waals surface area contributed by atoms with Crippen LogP contribution in [-0.4, -0.2) is 54.5 Å². The number of methoxy groups -OCH3 is 1. The van der Waals surface area contributed by atoms with Gasteiger partial charge in [-0.1, -0.05) is 12.1 Å². The molecule has 1 unspecified atom stereocenters. The SMILES string of the molecule is COC1CCN(C(=O)C2CCC(=O)N(Cc3cccc(F)c3)C2)CC1. The molecule has 5 nitrogen and oxygen atoms in total. The number of carbonyl (C=O) groups is 2. The average Bonchev–Trinajstić information content (AvgIpc) is 2.63. The summed E-state index contributed by atoms with van der Waals surface area (Å²) in [5.41, 5.74) is 0.752. The third kappa shape index (κ3) is 4.37. The van der Waals surface area contributed by atoms with Crippen molar-refractivity contribution in [3.63, 3.8) is 0 Å². The highest BCUT2D eigenvalue weighted by molar-refractivity contribution is 5.84. The van der Waals surface area contributed by atoms with E-state index in [2.05, 4.69) is 0 Å². The first-order valence-corrected chi connectivity index (χ1v) is 8.90. The third-order valence-electron chi connectivity index (χ3n) is 5.20. The van der Waals surface area contributed by atoms with Gasteiger partial charge in [-0.2, -0.15) is 0 Å². The summed E-state index contributed by atoms with van der Waals surface area (Å²) >= 11 is 0. The van der Waals surface area contributed by atoms with Gasteiger partial charge < -0.3 is 14.5 Å². The van der Waals surface area contributed by atoms with Gasteiger partial charge in [-0.05, 0) is 37.0 Å². The molecule has 1 atom stereocenters. The number of nitrogens with zero attached hydrogens (tertiary/aromatic N) is 2. The zero-order valence-corrected chi connectivity index (χ0v) is 14.6. The van der Waals surface area contributed by atoms with Crippen molar-refractivity contribution in [1.82, 2.24) is 9.80 Å². The number of carbonyl (C=O) groups excluding carboxylic acids is 2. The summed E-state index contributed by atoms with van der Waals surface area (Å²) in [7, 11) is 1.71. The predicted octanol–water partition coefficient (Wildman–Crippen LogP) is 2.20. The summed E-state index contributed by atoms with van der Waals surface area (Å²) in [6, 6.07) is 6.27. The third-order valence-corrected chi connectivity index (χ3v) is 5.20. The molecule has 0 aliphatic carbocycles. The van der Waals surface area contributed by atoms with Crippen molar-refractivity contribution in [3.05, 3.63) is 35.6 Å². The lowest BCUT2D eigenvalue weighted by molar-refractivity contribution is -0.145. The van der Waals surface area contributed by atoms with Crippen LogP contribution >= 0.6 is 0 Å². The first-order chi connectivity index (χ1) is 12.1. The van der Waals surface area contributed by atoms with Crippen LogP contribution in [0.15, 0.2) is 24.3 Å². The standard InChI is InChI=1S/C19H25FN2O3/c1-25-17-7-9-21(10-8-17)19(24)15-5-6-18(23)22(13-15)12-14-3-2-4-16(20)11-14/h2-4,11,15,17H,5-10,12-13H2,1H3. The number of halogens is 1. The topological polar surface area (TPSA) is 49.9 Å². The Balaban J connectivity index is 1.60. The Bertz CT molecular complexity index is 629. The molecule has 0 bridgehead atoms. The lowest BCUT2D eigenvalue weighted by Gasteiger charge is -2.37. The van der Waals surface area contributed by atoms with Crippen LogP contribution in [-0.2, 0) is 20.9 Å². The monoisotopic (exact) mass is 348 g/mol. The van der Waals surface area contributed by atoms with Gasteiger partial charge in [-0.3, -0.25) is 9.59 Å². The van der Waals surface area contributed by atoms with Crippen molar-refractivity contribution in [2.75, 3.05) is 26.7 Å². The molecule has 2 aliphatic rings. The molecule has 3 rings (SSSR count). The number of rotatable bonds is 4. The van der Waals surface area contributed by atoms with Crippen LogP contribution in [0.5, 0.6) is 0 Å². The minimum Gasteiger partial charge on any atom is -0.381 e. The van der Waals surface area contributed by atoms with E-state index >= 15 is 0 Å². The molecule has 1 aromatic rings. The Kier molecular flexibility index (Phi) is 5.68. The minimum atomic E-state index is -0.310. The van der Waals surface area contributed by atoms with Gasteiger partial charge in [0.2, 0.25) is 11.8 Å². The van der Waals surface area contributed by atoms with Gasteiger partial charge in [0, 0.05) is 39.7 Å². The molecule has 0 aromatic heterocycles. The van der Waals surface area contributed by atoms with E-state index in [9.17, 15) is 14.0 Å². The van der Waals surface area contributed by atoms with E-state index in [1.807, 2.05) is 4.90 Å². The number of likely N-dealkylation sites (tertiary alicyclic amines) is 2. The fraction of sp³-hybridized carbons (Fsp3) is 0.579. The van der Waals surface area contributed by atoms with Crippen molar-refractivity contribution < 1.29 is 18.7 Å². The Hall–Kier alpha value is -1.95. The van der Waals surface area contributed by atoms with Crippen LogP contribution in [0, 0.1) is 11.7 Å². The summed E-state index contributed by atoms with van der Waals surface area (Å²) in [6.45, 7) is 2.20. The van der Waals surface area contributed by atoms with Crippen LogP contribution in [0.2, 0.25) is 0 Å². The fourth-order valence-corrected chi connectivity index (χ4v) is 3.70. The highest BCUT2D eigenvalue weighted by atomic mass is 19.1. The van der Waals surface area contributed by atoms with Gasteiger partial charge in [0.1, 0.15) is 5.82 Å². The van der Waals surface area contributed by atoms with Crippen molar-refractivity contribution >= 4 is 11.8 Å². The first kappa shape index (κ1) is 17.9. The summed E-state index contributed by atoms with van der Waals surface area (Å²) in [5, 5.41) is 0. The largest absolute Gasteiger partial charge is 0.381 e. The van der Waals surface area contributed by atoms with E-state index in [0.29, 0.717) is 39.0 Å². The molecule has 136 valence electrons. The molecule has 1 aromatic carbocycles. The quantitative estimate of drug-likeness (QED) is 0.838. The van der Waals surface area contributed by atoms with Crippen molar-refractivity contribution in [3.8, 4) is 0 Å². The van der Waals surface area contributed by atoms with Gasteiger partial charge in [0.25, 0.3) is 0 Å². The Labute approximate surface area is 147 Å². The molecule has 0 spiro atoms.